The molecule has 5 unspecified atom stereocenters. The van der Waals surface area contributed by atoms with Gasteiger partial charge in [0.25, 0.3) is 0 Å². The van der Waals surface area contributed by atoms with Gasteiger partial charge in [-0.2, -0.15) is 0 Å². The van der Waals surface area contributed by atoms with Crippen LogP contribution in [0.4, 0.5) is 0 Å². The smallest absolute Gasteiger partial charge is 0.217 e. The maximum absolute atomic E-state index is 11.6. The van der Waals surface area contributed by atoms with Crippen molar-refractivity contribution in [1.29, 1.82) is 0 Å². The number of fused-ring (bicyclic) bond motifs is 1. The van der Waals surface area contributed by atoms with Crippen LogP contribution < -0.4 is 5.32 Å². The van der Waals surface area contributed by atoms with Gasteiger partial charge in [-0.1, -0.05) is 30.0 Å². The Balaban J connectivity index is 1.81. The van der Waals surface area contributed by atoms with Gasteiger partial charge in [0.2, 0.25) is 5.91 Å². The van der Waals surface area contributed by atoms with Crippen molar-refractivity contribution in [1.82, 2.24) is 5.32 Å². The van der Waals surface area contributed by atoms with Crippen LogP contribution in [0.2, 0.25) is 0 Å². The maximum Gasteiger partial charge on any atom is 0.217 e. The van der Waals surface area contributed by atoms with Gasteiger partial charge in [0, 0.05) is 11.8 Å². The summed E-state index contributed by atoms with van der Waals surface area (Å²) < 4.78 is 17.6. The minimum atomic E-state index is -0.878. The molecule has 6 nitrogen and oxygen atoms in total. The van der Waals surface area contributed by atoms with E-state index in [-0.39, 0.29) is 12.0 Å². The molecule has 2 aliphatic rings. The largest absolute Gasteiger partial charge is 0.388 e. The second-order valence-corrected chi connectivity index (χ2v) is 7.66. The molecule has 2 heterocycles. The predicted molar refractivity (Wildman–Crippen MR) is 89.5 cm³/mol. The summed E-state index contributed by atoms with van der Waals surface area (Å²) in [5, 5.41) is 13.6. The van der Waals surface area contributed by atoms with Crippen molar-refractivity contribution in [3.8, 4) is 0 Å². The molecule has 1 aromatic rings. The van der Waals surface area contributed by atoms with Crippen molar-refractivity contribution >= 4 is 17.7 Å². The second-order valence-electron chi connectivity index (χ2n) is 6.48. The minimum absolute atomic E-state index is 0.217. The van der Waals surface area contributed by atoms with Crippen molar-refractivity contribution in [3.05, 3.63) is 30.3 Å². The number of ether oxygens (including phenoxy) is 3. The SMILES string of the molecule is CC(=O)NC1C(Sc2ccccc2)OC2COC(C)(C)OC2C1O. The zero-order valence-corrected chi connectivity index (χ0v) is 14.8. The molecule has 2 fully saturated rings. The number of amides is 1. The average molecular weight is 353 g/mol. The molecule has 0 spiro atoms. The first-order valence-corrected chi connectivity index (χ1v) is 8.88. The molecular formula is C17H23NO5S. The van der Waals surface area contributed by atoms with Crippen LogP contribution in [0.3, 0.4) is 0 Å². The Morgan fingerprint density at radius 2 is 2.04 bits per heavy atom. The van der Waals surface area contributed by atoms with E-state index in [1.807, 2.05) is 30.3 Å². The summed E-state index contributed by atoms with van der Waals surface area (Å²) in [5.41, 5.74) is -0.430. The van der Waals surface area contributed by atoms with Gasteiger partial charge in [-0.25, -0.2) is 0 Å². The number of hydrogen-bond acceptors (Lipinski definition) is 6. The van der Waals surface area contributed by atoms with Crippen LogP contribution in [0.15, 0.2) is 35.2 Å². The van der Waals surface area contributed by atoms with E-state index in [0.29, 0.717) is 6.61 Å². The fourth-order valence-corrected chi connectivity index (χ4v) is 4.12. The first-order valence-electron chi connectivity index (χ1n) is 8.00. The monoisotopic (exact) mass is 353 g/mol. The summed E-state index contributed by atoms with van der Waals surface area (Å²) in [4.78, 5) is 12.6. The molecule has 2 saturated heterocycles. The molecule has 0 radical (unpaired) electrons. The Kier molecular flexibility index (Phi) is 5.17. The van der Waals surface area contributed by atoms with Crippen molar-refractivity contribution in [2.24, 2.45) is 0 Å². The molecule has 2 N–H and O–H groups in total. The molecule has 7 heteroatoms. The van der Waals surface area contributed by atoms with Crippen molar-refractivity contribution in [3.63, 3.8) is 0 Å². The topological polar surface area (TPSA) is 77.0 Å². The summed E-state index contributed by atoms with van der Waals surface area (Å²) in [6.07, 6.45) is -1.80. The normalized spacial score (nSPS) is 35.1. The third-order valence-corrected chi connectivity index (χ3v) is 5.23. The Bertz CT molecular complexity index is 582. The van der Waals surface area contributed by atoms with Crippen molar-refractivity contribution in [2.75, 3.05) is 6.61 Å². The maximum atomic E-state index is 11.6. The molecule has 132 valence electrons. The van der Waals surface area contributed by atoms with Gasteiger partial charge in [0.1, 0.15) is 23.7 Å². The third-order valence-electron chi connectivity index (χ3n) is 4.05. The number of thioether (sulfide) groups is 1. The summed E-state index contributed by atoms with van der Waals surface area (Å²) in [6.45, 7) is 5.37. The lowest BCUT2D eigenvalue weighted by Gasteiger charge is -2.49. The first kappa shape index (κ1) is 17.7. The highest BCUT2D eigenvalue weighted by Gasteiger charge is 2.51. The molecule has 1 amide bonds. The van der Waals surface area contributed by atoms with Gasteiger partial charge in [0.15, 0.2) is 5.79 Å². The van der Waals surface area contributed by atoms with Gasteiger partial charge in [-0.15, -0.1) is 0 Å². The van der Waals surface area contributed by atoms with E-state index in [1.54, 1.807) is 13.8 Å². The lowest BCUT2D eigenvalue weighted by Crippen LogP contribution is -2.67. The first-order chi connectivity index (χ1) is 11.4. The van der Waals surface area contributed by atoms with Gasteiger partial charge >= 0.3 is 0 Å². The van der Waals surface area contributed by atoms with Crippen LogP contribution in [-0.2, 0) is 19.0 Å². The molecule has 24 heavy (non-hydrogen) atoms. The van der Waals surface area contributed by atoms with Crippen LogP contribution >= 0.6 is 11.8 Å². The Hall–Kier alpha value is -1.12. The Labute approximate surface area is 145 Å². The lowest BCUT2D eigenvalue weighted by atomic mass is 9.96. The molecule has 5 atom stereocenters. The quantitative estimate of drug-likeness (QED) is 0.858. The number of carbonyl (C=O) groups excluding carboxylic acids is 1. The fourth-order valence-electron chi connectivity index (χ4n) is 2.97. The summed E-state index contributed by atoms with van der Waals surface area (Å²) in [5.74, 6) is -1.00. The van der Waals surface area contributed by atoms with Gasteiger partial charge in [-0.05, 0) is 26.0 Å². The average Bonchev–Trinajstić information content (AvgIpc) is 2.52. The molecule has 3 rings (SSSR count). The summed E-state index contributed by atoms with van der Waals surface area (Å²) in [7, 11) is 0. The molecule has 0 bridgehead atoms. The lowest BCUT2D eigenvalue weighted by molar-refractivity contribution is -0.341. The van der Waals surface area contributed by atoms with Gasteiger partial charge in [-0.3, -0.25) is 4.79 Å². The minimum Gasteiger partial charge on any atom is -0.388 e. The molecule has 0 aliphatic carbocycles. The number of aliphatic hydroxyl groups excluding tert-OH is 1. The van der Waals surface area contributed by atoms with Gasteiger partial charge < -0.3 is 24.6 Å². The molecule has 0 saturated carbocycles. The highest BCUT2D eigenvalue weighted by molar-refractivity contribution is 7.99. The standard InChI is InChI=1S/C17H23NO5S/c1-10(19)18-13-14(20)15-12(9-21-17(2,3)23-15)22-16(13)24-11-7-5-4-6-8-11/h4-8,12-16,20H,9H2,1-3H3,(H,18,19). The number of carbonyl (C=O) groups is 1. The van der Waals surface area contributed by atoms with E-state index in [9.17, 15) is 9.90 Å². The number of rotatable bonds is 3. The van der Waals surface area contributed by atoms with E-state index < -0.39 is 29.5 Å². The number of nitrogens with one attached hydrogen (secondary N) is 1. The Morgan fingerprint density at radius 3 is 2.71 bits per heavy atom. The highest BCUT2D eigenvalue weighted by Crippen LogP contribution is 2.37. The van der Waals surface area contributed by atoms with Crippen LogP contribution in [0.5, 0.6) is 0 Å². The zero-order valence-electron chi connectivity index (χ0n) is 14.0. The summed E-state index contributed by atoms with van der Waals surface area (Å²) in [6, 6.07) is 9.18. The molecule has 1 aromatic carbocycles. The van der Waals surface area contributed by atoms with Crippen LogP contribution in [0.1, 0.15) is 20.8 Å². The van der Waals surface area contributed by atoms with E-state index in [1.165, 1.54) is 18.7 Å². The highest BCUT2D eigenvalue weighted by atomic mass is 32.2. The van der Waals surface area contributed by atoms with Crippen LogP contribution in [0, 0.1) is 0 Å². The molecule has 2 aliphatic heterocycles. The number of benzene rings is 1. The van der Waals surface area contributed by atoms with Crippen LogP contribution in [-0.4, -0.2) is 53.2 Å². The Morgan fingerprint density at radius 1 is 1.33 bits per heavy atom. The molecular weight excluding hydrogens is 330 g/mol. The van der Waals surface area contributed by atoms with Crippen LogP contribution in [0.25, 0.3) is 0 Å². The number of hydrogen-bond donors (Lipinski definition) is 2. The second kappa shape index (κ2) is 7.01. The van der Waals surface area contributed by atoms with Crippen molar-refractivity contribution < 1.29 is 24.1 Å². The fraction of sp³-hybridized carbons (Fsp3) is 0.588. The van der Waals surface area contributed by atoms with E-state index >= 15 is 0 Å². The van der Waals surface area contributed by atoms with Gasteiger partial charge in [0.05, 0.1) is 12.6 Å². The van der Waals surface area contributed by atoms with Crippen molar-refractivity contribution in [2.45, 2.75) is 61.2 Å². The van der Waals surface area contributed by atoms with E-state index in [4.69, 9.17) is 14.2 Å². The predicted octanol–water partition coefficient (Wildman–Crippen LogP) is 1.52. The van der Waals surface area contributed by atoms with E-state index in [0.717, 1.165) is 4.90 Å². The van der Waals surface area contributed by atoms with E-state index in [2.05, 4.69) is 5.32 Å². The molecule has 0 aromatic heterocycles. The summed E-state index contributed by atoms with van der Waals surface area (Å²) >= 11 is 1.47. The third kappa shape index (κ3) is 3.92. The number of aliphatic hydroxyl groups is 1. The zero-order chi connectivity index (χ0) is 17.3.